The smallest absolute Gasteiger partial charge is 0.0700 e. The van der Waals surface area contributed by atoms with Crippen LogP contribution in [-0.2, 0) is 4.74 Å². The van der Waals surface area contributed by atoms with Gasteiger partial charge in [-0.2, -0.15) is 0 Å². The zero-order valence-electron chi connectivity index (χ0n) is 9.51. The van der Waals surface area contributed by atoms with Crippen molar-refractivity contribution in [1.82, 2.24) is 5.32 Å². The van der Waals surface area contributed by atoms with Crippen molar-refractivity contribution in [3.63, 3.8) is 0 Å². The number of ether oxygens (including phenoxy) is 1. The maximum absolute atomic E-state index is 6.18. The van der Waals surface area contributed by atoms with Crippen LogP contribution in [0.3, 0.4) is 0 Å². The fraction of sp³-hybridized carbons (Fsp3) is 1.00. The Kier molecular flexibility index (Phi) is 4.85. The molecule has 1 aliphatic heterocycles. The number of nitrogens with two attached hydrogens (primary N) is 1. The van der Waals surface area contributed by atoms with E-state index in [2.05, 4.69) is 19.2 Å². The van der Waals surface area contributed by atoms with Crippen LogP contribution in [0, 0.1) is 0 Å². The molecular weight excluding hydrogens is 176 g/mol. The molecule has 0 amide bonds. The second-order valence-corrected chi connectivity index (χ2v) is 4.34. The SMILES string of the molecule is CCC(N)(CC)CNCC1CCCO1. The van der Waals surface area contributed by atoms with E-state index >= 15 is 0 Å². The van der Waals surface area contributed by atoms with Crippen LogP contribution in [0.5, 0.6) is 0 Å². The molecule has 3 heteroatoms. The van der Waals surface area contributed by atoms with Crippen molar-refractivity contribution in [2.24, 2.45) is 5.73 Å². The van der Waals surface area contributed by atoms with Gasteiger partial charge in [-0.05, 0) is 25.7 Å². The Morgan fingerprint density at radius 3 is 2.64 bits per heavy atom. The molecule has 0 bridgehead atoms. The van der Waals surface area contributed by atoms with Gasteiger partial charge in [-0.3, -0.25) is 0 Å². The molecule has 14 heavy (non-hydrogen) atoms. The molecule has 0 aliphatic carbocycles. The van der Waals surface area contributed by atoms with E-state index in [1.54, 1.807) is 0 Å². The first-order chi connectivity index (χ1) is 6.70. The van der Waals surface area contributed by atoms with Crippen LogP contribution < -0.4 is 11.1 Å². The summed E-state index contributed by atoms with van der Waals surface area (Å²) in [6.07, 6.45) is 4.89. The third kappa shape index (κ3) is 3.56. The largest absolute Gasteiger partial charge is 0.377 e. The van der Waals surface area contributed by atoms with Gasteiger partial charge in [-0.25, -0.2) is 0 Å². The molecular formula is C11H24N2O. The third-order valence-electron chi connectivity index (χ3n) is 3.28. The molecule has 1 aliphatic rings. The number of hydrogen-bond donors (Lipinski definition) is 2. The van der Waals surface area contributed by atoms with Crippen molar-refractivity contribution in [3.8, 4) is 0 Å². The molecule has 1 heterocycles. The monoisotopic (exact) mass is 200 g/mol. The zero-order chi connectivity index (χ0) is 10.4. The summed E-state index contributed by atoms with van der Waals surface area (Å²) in [5.41, 5.74) is 6.15. The Balaban J connectivity index is 2.12. The molecule has 0 saturated carbocycles. The molecule has 0 aromatic rings. The van der Waals surface area contributed by atoms with Gasteiger partial charge in [-0.15, -0.1) is 0 Å². The van der Waals surface area contributed by atoms with Crippen molar-refractivity contribution >= 4 is 0 Å². The summed E-state index contributed by atoms with van der Waals surface area (Å²) >= 11 is 0. The van der Waals surface area contributed by atoms with Gasteiger partial charge in [0.1, 0.15) is 0 Å². The van der Waals surface area contributed by atoms with E-state index in [9.17, 15) is 0 Å². The zero-order valence-corrected chi connectivity index (χ0v) is 9.51. The molecule has 1 atom stereocenters. The van der Waals surface area contributed by atoms with Crippen LogP contribution in [0.2, 0.25) is 0 Å². The number of rotatable bonds is 6. The first kappa shape index (κ1) is 12.0. The number of nitrogens with one attached hydrogen (secondary N) is 1. The predicted octanol–water partition coefficient (Wildman–Crippen LogP) is 1.27. The van der Waals surface area contributed by atoms with E-state index in [0.717, 1.165) is 32.5 Å². The van der Waals surface area contributed by atoms with E-state index < -0.39 is 0 Å². The third-order valence-corrected chi connectivity index (χ3v) is 3.28. The Morgan fingerprint density at radius 2 is 2.14 bits per heavy atom. The maximum atomic E-state index is 6.18. The lowest BCUT2D eigenvalue weighted by Crippen LogP contribution is -2.49. The lowest BCUT2D eigenvalue weighted by atomic mass is 9.94. The topological polar surface area (TPSA) is 47.3 Å². The molecule has 0 aromatic carbocycles. The number of hydrogen-bond acceptors (Lipinski definition) is 3. The van der Waals surface area contributed by atoms with Gasteiger partial charge in [0.05, 0.1) is 6.10 Å². The molecule has 1 unspecified atom stereocenters. The molecule has 1 rings (SSSR count). The second-order valence-electron chi connectivity index (χ2n) is 4.34. The van der Waals surface area contributed by atoms with Crippen molar-refractivity contribution in [3.05, 3.63) is 0 Å². The summed E-state index contributed by atoms with van der Waals surface area (Å²) < 4.78 is 5.53. The van der Waals surface area contributed by atoms with Gasteiger partial charge in [0.25, 0.3) is 0 Å². The molecule has 0 aromatic heterocycles. The highest BCUT2D eigenvalue weighted by Gasteiger charge is 2.21. The average Bonchev–Trinajstić information content (AvgIpc) is 2.70. The minimum Gasteiger partial charge on any atom is -0.377 e. The first-order valence-corrected chi connectivity index (χ1v) is 5.81. The Hall–Kier alpha value is -0.120. The molecule has 3 N–H and O–H groups in total. The van der Waals surface area contributed by atoms with E-state index in [-0.39, 0.29) is 5.54 Å². The van der Waals surface area contributed by atoms with Crippen LogP contribution in [0.15, 0.2) is 0 Å². The highest BCUT2D eigenvalue weighted by atomic mass is 16.5. The summed E-state index contributed by atoms with van der Waals surface area (Å²) in [5, 5.41) is 3.42. The summed E-state index contributed by atoms with van der Waals surface area (Å²) in [5.74, 6) is 0. The van der Waals surface area contributed by atoms with Gasteiger partial charge in [-0.1, -0.05) is 13.8 Å². The summed E-state index contributed by atoms with van der Waals surface area (Å²) in [7, 11) is 0. The average molecular weight is 200 g/mol. The van der Waals surface area contributed by atoms with Crippen LogP contribution >= 0.6 is 0 Å². The van der Waals surface area contributed by atoms with E-state index in [0.29, 0.717) is 6.10 Å². The van der Waals surface area contributed by atoms with E-state index in [1.807, 2.05) is 0 Å². The molecule has 0 spiro atoms. The minimum absolute atomic E-state index is 0.0292. The molecule has 84 valence electrons. The van der Waals surface area contributed by atoms with Crippen molar-refractivity contribution < 1.29 is 4.74 Å². The van der Waals surface area contributed by atoms with Crippen molar-refractivity contribution in [2.45, 2.75) is 51.2 Å². The normalized spacial score (nSPS) is 22.9. The fourth-order valence-corrected chi connectivity index (χ4v) is 1.79. The Morgan fingerprint density at radius 1 is 1.43 bits per heavy atom. The highest BCUT2D eigenvalue weighted by Crippen LogP contribution is 2.12. The summed E-state index contributed by atoms with van der Waals surface area (Å²) in [6.45, 7) is 7.09. The molecule has 3 nitrogen and oxygen atoms in total. The van der Waals surface area contributed by atoms with Crippen LogP contribution in [0.1, 0.15) is 39.5 Å². The molecule has 1 saturated heterocycles. The lowest BCUT2D eigenvalue weighted by molar-refractivity contribution is 0.108. The Labute approximate surface area is 87.4 Å². The van der Waals surface area contributed by atoms with Crippen LogP contribution in [0.4, 0.5) is 0 Å². The Bertz CT molecular complexity index is 151. The molecule has 1 fully saturated rings. The van der Waals surface area contributed by atoms with Gasteiger partial charge >= 0.3 is 0 Å². The van der Waals surface area contributed by atoms with Gasteiger partial charge < -0.3 is 15.8 Å². The first-order valence-electron chi connectivity index (χ1n) is 5.81. The van der Waals surface area contributed by atoms with Gasteiger partial charge in [0.15, 0.2) is 0 Å². The van der Waals surface area contributed by atoms with E-state index in [4.69, 9.17) is 10.5 Å². The van der Waals surface area contributed by atoms with Gasteiger partial charge in [0.2, 0.25) is 0 Å². The fourth-order valence-electron chi connectivity index (χ4n) is 1.79. The summed E-state index contributed by atoms with van der Waals surface area (Å²) in [6, 6.07) is 0. The lowest BCUT2D eigenvalue weighted by Gasteiger charge is -2.27. The van der Waals surface area contributed by atoms with Crippen molar-refractivity contribution in [2.75, 3.05) is 19.7 Å². The van der Waals surface area contributed by atoms with E-state index in [1.165, 1.54) is 12.8 Å². The summed E-state index contributed by atoms with van der Waals surface area (Å²) in [4.78, 5) is 0. The highest BCUT2D eigenvalue weighted by molar-refractivity contribution is 4.84. The quantitative estimate of drug-likeness (QED) is 0.679. The predicted molar refractivity (Wildman–Crippen MR) is 59.3 cm³/mol. The van der Waals surface area contributed by atoms with Crippen LogP contribution in [0.25, 0.3) is 0 Å². The minimum atomic E-state index is -0.0292. The van der Waals surface area contributed by atoms with Crippen molar-refractivity contribution in [1.29, 1.82) is 0 Å². The maximum Gasteiger partial charge on any atom is 0.0700 e. The van der Waals surface area contributed by atoms with Crippen LogP contribution in [-0.4, -0.2) is 31.3 Å². The van der Waals surface area contributed by atoms with Gasteiger partial charge in [0, 0.05) is 25.2 Å². The standard InChI is InChI=1S/C11H24N2O/c1-3-11(12,4-2)9-13-8-10-6-5-7-14-10/h10,13H,3-9,12H2,1-2H3. The second kappa shape index (κ2) is 5.69. The molecule has 0 radical (unpaired) electrons.